The molecule has 1 N–H and O–H groups in total. The summed E-state index contributed by atoms with van der Waals surface area (Å²) in [6, 6.07) is 4.82. The summed E-state index contributed by atoms with van der Waals surface area (Å²) in [5.74, 6) is 1.05. The molecule has 0 aliphatic heterocycles. The van der Waals surface area contributed by atoms with Crippen molar-refractivity contribution < 1.29 is 19.5 Å². The van der Waals surface area contributed by atoms with E-state index in [9.17, 15) is 15.2 Å². The predicted molar refractivity (Wildman–Crippen MR) is 65.6 cm³/mol. The molecule has 18 heavy (non-hydrogen) atoms. The molecule has 0 spiro atoms. The fraction of sp³-hybridized carbons (Fsp3) is 0.500. The van der Waals surface area contributed by atoms with Gasteiger partial charge >= 0.3 is 0 Å². The zero-order valence-corrected chi connectivity index (χ0v) is 10.5. The summed E-state index contributed by atoms with van der Waals surface area (Å²) < 4.78 is 10.7. The van der Waals surface area contributed by atoms with Gasteiger partial charge in [-0.3, -0.25) is 10.1 Å². The summed E-state index contributed by atoms with van der Waals surface area (Å²) in [5, 5.41) is 20.0. The van der Waals surface area contributed by atoms with Gasteiger partial charge in [-0.2, -0.15) is 0 Å². The minimum Gasteiger partial charge on any atom is -0.490 e. The Morgan fingerprint density at radius 1 is 1.28 bits per heavy atom. The molecule has 0 radical (unpaired) electrons. The summed E-state index contributed by atoms with van der Waals surface area (Å²) >= 11 is 0. The molecule has 0 amide bonds. The van der Waals surface area contributed by atoms with Crippen LogP contribution in [0, 0.1) is 10.1 Å². The Kier molecular flexibility index (Phi) is 5.38. The zero-order valence-electron chi connectivity index (χ0n) is 10.5. The van der Waals surface area contributed by atoms with Crippen LogP contribution in [0.5, 0.6) is 11.5 Å². The number of hydrogen-bond donors (Lipinski definition) is 1. The molecule has 6 nitrogen and oxygen atoms in total. The van der Waals surface area contributed by atoms with Gasteiger partial charge in [0, 0.05) is 4.92 Å². The highest BCUT2D eigenvalue weighted by Gasteiger charge is 2.16. The van der Waals surface area contributed by atoms with Crippen LogP contribution in [-0.4, -0.2) is 29.8 Å². The first kappa shape index (κ1) is 14.2. The second-order valence-electron chi connectivity index (χ2n) is 3.60. The molecule has 1 aromatic carbocycles. The summed E-state index contributed by atoms with van der Waals surface area (Å²) in [6.07, 6.45) is -1.14. The third-order valence-corrected chi connectivity index (χ3v) is 2.27. The van der Waals surface area contributed by atoms with Gasteiger partial charge in [0.05, 0.1) is 13.2 Å². The molecule has 6 heteroatoms. The number of nitrogens with zero attached hydrogens (tertiary/aromatic N) is 1. The molecule has 0 fully saturated rings. The molecule has 100 valence electrons. The summed E-state index contributed by atoms with van der Waals surface area (Å²) in [4.78, 5) is 9.80. The lowest BCUT2D eigenvalue weighted by atomic mass is 10.1. The maximum Gasteiger partial charge on any atom is 0.233 e. The normalized spacial score (nSPS) is 11.9. The summed E-state index contributed by atoms with van der Waals surface area (Å²) in [5.41, 5.74) is 0.443. The van der Waals surface area contributed by atoms with Crippen molar-refractivity contribution in [2.24, 2.45) is 0 Å². The molecule has 0 saturated heterocycles. The molecular formula is C12H17NO5. The van der Waals surface area contributed by atoms with Crippen molar-refractivity contribution >= 4 is 0 Å². The molecule has 0 heterocycles. The fourth-order valence-corrected chi connectivity index (χ4v) is 1.52. The standard InChI is InChI=1S/C12H17NO5/c1-3-17-11-6-5-9(7-12(11)18-4-2)10(14)8-13(15)16/h5-7,10,14H,3-4,8H2,1-2H3/t10-/m1/s1. The number of ether oxygens (including phenoxy) is 2. The second kappa shape index (κ2) is 6.80. The van der Waals surface area contributed by atoms with Gasteiger partial charge in [-0.15, -0.1) is 0 Å². The van der Waals surface area contributed by atoms with Crippen molar-refractivity contribution in [1.82, 2.24) is 0 Å². The Morgan fingerprint density at radius 3 is 2.44 bits per heavy atom. The van der Waals surface area contributed by atoms with Crippen molar-refractivity contribution in [3.63, 3.8) is 0 Å². The highest BCUT2D eigenvalue weighted by atomic mass is 16.6. The number of aliphatic hydroxyl groups excluding tert-OH is 1. The van der Waals surface area contributed by atoms with E-state index in [1.54, 1.807) is 18.2 Å². The first-order chi connectivity index (χ1) is 8.58. The second-order valence-corrected chi connectivity index (χ2v) is 3.60. The van der Waals surface area contributed by atoms with E-state index >= 15 is 0 Å². The van der Waals surface area contributed by atoms with Crippen LogP contribution in [0.25, 0.3) is 0 Å². The van der Waals surface area contributed by atoms with Crippen molar-refractivity contribution in [3.8, 4) is 11.5 Å². The van der Waals surface area contributed by atoms with Gasteiger partial charge in [0.15, 0.2) is 11.5 Å². The Hall–Kier alpha value is -1.82. The van der Waals surface area contributed by atoms with Crippen molar-refractivity contribution in [2.75, 3.05) is 19.8 Å². The van der Waals surface area contributed by atoms with Gasteiger partial charge in [0.2, 0.25) is 6.54 Å². The highest BCUT2D eigenvalue weighted by molar-refractivity contribution is 5.43. The quantitative estimate of drug-likeness (QED) is 0.593. The van der Waals surface area contributed by atoms with E-state index in [0.29, 0.717) is 30.3 Å². The van der Waals surface area contributed by atoms with Gasteiger partial charge in [-0.25, -0.2) is 0 Å². The van der Waals surface area contributed by atoms with E-state index in [2.05, 4.69) is 0 Å². The van der Waals surface area contributed by atoms with Gasteiger partial charge in [-0.05, 0) is 31.5 Å². The number of hydrogen-bond acceptors (Lipinski definition) is 5. The topological polar surface area (TPSA) is 81.8 Å². The Labute approximate surface area is 105 Å². The lowest BCUT2D eigenvalue weighted by Crippen LogP contribution is -2.12. The van der Waals surface area contributed by atoms with E-state index in [-0.39, 0.29) is 0 Å². The molecule has 0 unspecified atom stereocenters. The number of rotatable bonds is 7. The molecule has 0 bridgehead atoms. The largest absolute Gasteiger partial charge is 0.490 e. The molecule has 0 aromatic heterocycles. The Morgan fingerprint density at radius 2 is 1.89 bits per heavy atom. The van der Waals surface area contributed by atoms with Crippen LogP contribution < -0.4 is 9.47 Å². The molecule has 0 saturated carbocycles. The Bertz CT molecular complexity index is 407. The van der Waals surface area contributed by atoms with Crippen molar-refractivity contribution in [1.29, 1.82) is 0 Å². The van der Waals surface area contributed by atoms with Crippen LogP contribution in [-0.2, 0) is 0 Å². The molecule has 1 atom stereocenters. The average Bonchev–Trinajstić information content (AvgIpc) is 2.31. The van der Waals surface area contributed by atoms with Crippen molar-refractivity contribution in [3.05, 3.63) is 33.9 Å². The van der Waals surface area contributed by atoms with E-state index < -0.39 is 17.6 Å². The molecule has 1 aromatic rings. The van der Waals surface area contributed by atoms with E-state index in [1.165, 1.54) is 0 Å². The lowest BCUT2D eigenvalue weighted by molar-refractivity contribution is -0.491. The third kappa shape index (κ3) is 3.89. The smallest absolute Gasteiger partial charge is 0.233 e. The number of benzene rings is 1. The fourth-order valence-electron chi connectivity index (χ4n) is 1.52. The van der Waals surface area contributed by atoms with Gasteiger partial charge in [0.25, 0.3) is 0 Å². The molecular weight excluding hydrogens is 238 g/mol. The van der Waals surface area contributed by atoms with E-state index in [0.717, 1.165) is 0 Å². The predicted octanol–water partition coefficient (Wildman–Crippen LogP) is 1.79. The third-order valence-electron chi connectivity index (χ3n) is 2.27. The first-order valence-corrected chi connectivity index (χ1v) is 5.77. The van der Waals surface area contributed by atoms with Gasteiger partial charge in [0.1, 0.15) is 6.10 Å². The minimum absolute atomic E-state index is 0.443. The van der Waals surface area contributed by atoms with Gasteiger partial charge < -0.3 is 14.6 Å². The maximum absolute atomic E-state index is 10.4. The van der Waals surface area contributed by atoms with E-state index in [1.807, 2.05) is 13.8 Å². The van der Waals surface area contributed by atoms with E-state index in [4.69, 9.17) is 9.47 Å². The summed E-state index contributed by atoms with van der Waals surface area (Å²) in [6.45, 7) is 4.10. The molecule has 1 rings (SSSR count). The number of nitro groups is 1. The van der Waals surface area contributed by atoms with Crippen LogP contribution in [0.4, 0.5) is 0 Å². The van der Waals surface area contributed by atoms with Crippen LogP contribution in [0.15, 0.2) is 18.2 Å². The van der Waals surface area contributed by atoms with Crippen LogP contribution in [0.1, 0.15) is 25.5 Å². The Balaban J connectivity index is 2.94. The minimum atomic E-state index is -1.14. The number of aliphatic hydroxyl groups is 1. The highest BCUT2D eigenvalue weighted by Crippen LogP contribution is 2.30. The zero-order chi connectivity index (χ0) is 13.5. The SMILES string of the molecule is CCOc1ccc([C@H](O)C[N+](=O)[O-])cc1OCC. The van der Waals surface area contributed by atoms with Crippen LogP contribution >= 0.6 is 0 Å². The first-order valence-electron chi connectivity index (χ1n) is 5.77. The molecule has 0 aliphatic carbocycles. The van der Waals surface area contributed by atoms with Crippen LogP contribution in [0.3, 0.4) is 0 Å². The lowest BCUT2D eigenvalue weighted by Gasteiger charge is -2.13. The monoisotopic (exact) mass is 255 g/mol. The van der Waals surface area contributed by atoms with Gasteiger partial charge in [-0.1, -0.05) is 6.07 Å². The van der Waals surface area contributed by atoms with Crippen molar-refractivity contribution in [2.45, 2.75) is 20.0 Å². The van der Waals surface area contributed by atoms with Crippen LogP contribution in [0.2, 0.25) is 0 Å². The molecule has 0 aliphatic rings. The average molecular weight is 255 g/mol. The maximum atomic E-state index is 10.4. The summed E-state index contributed by atoms with van der Waals surface area (Å²) in [7, 11) is 0.